The zero-order valence-electron chi connectivity index (χ0n) is 25.1. The maximum Gasteiger partial charge on any atom is 0.257 e. The Morgan fingerprint density at radius 2 is 1.64 bits per heavy atom. The minimum Gasteiger partial charge on any atom is -0.382 e. The number of hydrogen-bond donors (Lipinski definition) is 2. The van der Waals surface area contributed by atoms with Crippen LogP contribution in [-0.2, 0) is 14.9 Å². The molecular weight excluding hydrogens is 529 g/mol. The van der Waals surface area contributed by atoms with Crippen molar-refractivity contribution in [3.05, 3.63) is 94.8 Å². The number of amides is 2. The number of halogens is 1. The van der Waals surface area contributed by atoms with Gasteiger partial charge in [0.1, 0.15) is 5.82 Å². The lowest BCUT2D eigenvalue weighted by Gasteiger charge is -2.41. The van der Waals surface area contributed by atoms with Gasteiger partial charge in [-0.25, -0.2) is 4.39 Å². The summed E-state index contributed by atoms with van der Waals surface area (Å²) in [7, 11) is 0. The summed E-state index contributed by atoms with van der Waals surface area (Å²) in [4.78, 5) is 29.6. The predicted octanol–water partition coefficient (Wildman–Crippen LogP) is 7.25. The molecule has 3 aromatic rings. The van der Waals surface area contributed by atoms with E-state index in [9.17, 15) is 14.0 Å². The Morgan fingerprint density at radius 3 is 2.33 bits per heavy atom. The van der Waals surface area contributed by atoms with Crippen molar-refractivity contribution in [2.45, 2.75) is 70.9 Å². The molecule has 2 aliphatic heterocycles. The lowest BCUT2D eigenvalue weighted by Crippen LogP contribution is -2.46. The van der Waals surface area contributed by atoms with E-state index in [0.717, 1.165) is 48.6 Å². The maximum absolute atomic E-state index is 15.0. The van der Waals surface area contributed by atoms with E-state index in [-0.39, 0.29) is 22.8 Å². The first-order valence-corrected chi connectivity index (χ1v) is 15.0. The lowest BCUT2D eigenvalue weighted by molar-refractivity contribution is -0.123. The lowest BCUT2D eigenvalue weighted by atomic mass is 9.83. The molecule has 222 valence electrons. The molecule has 2 atom stereocenters. The molecule has 0 saturated carbocycles. The van der Waals surface area contributed by atoms with Gasteiger partial charge in [0.05, 0.1) is 17.5 Å². The highest BCUT2D eigenvalue weighted by atomic mass is 19.1. The van der Waals surface area contributed by atoms with Gasteiger partial charge in [-0.3, -0.25) is 9.59 Å². The van der Waals surface area contributed by atoms with Crippen LogP contribution in [0.3, 0.4) is 0 Å². The van der Waals surface area contributed by atoms with Crippen LogP contribution in [0.5, 0.6) is 0 Å². The molecule has 0 aliphatic carbocycles. The predicted molar refractivity (Wildman–Crippen MR) is 165 cm³/mol. The summed E-state index contributed by atoms with van der Waals surface area (Å²) in [5.74, 6) is -1.56. The van der Waals surface area contributed by atoms with Gasteiger partial charge in [0.15, 0.2) is 0 Å². The Kier molecular flexibility index (Phi) is 8.97. The second-order valence-corrected chi connectivity index (χ2v) is 12.6. The highest BCUT2D eigenvalue weighted by molar-refractivity contribution is 5.98. The van der Waals surface area contributed by atoms with E-state index < -0.39 is 17.8 Å². The van der Waals surface area contributed by atoms with Crippen molar-refractivity contribution in [1.29, 1.82) is 0 Å². The number of aryl methyl sites for hydroxylation is 1. The fraction of sp³-hybridized carbons (Fsp3) is 0.429. The summed E-state index contributed by atoms with van der Waals surface area (Å²) in [5.41, 5.74) is 4.30. The van der Waals surface area contributed by atoms with E-state index in [1.807, 2.05) is 42.5 Å². The number of hydrogen-bond acceptors (Lipinski definition) is 4. The summed E-state index contributed by atoms with van der Waals surface area (Å²) >= 11 is 0. The number of anilines is 2. The van der Waals surface area contributed by atoms with Crippen LogP contribution < -0.4 is 10.6 Å². The molecule has 2 aliphatic rings. The van der Waals surface area contributed by atoms with Gasteiger partial charge in [-0.1, -0.05) is 57.2 Å². The number of piperidine rings is 1. The number of ether oxygens (including phenoxy) is 1. The summed E-state index contributed by atoms with van der Waals surface area (Å²) in [6.07, 6.45) is 3.18. The Morgan fingerprint density at radius 1 is 0.929 bits per heavy atom. The molecule has 2 N–H and O–H groups in total. The average Bonchev–Trinajstić information content (AvgIpc) is 2.97. The fourth-order valence-corrected chi connectivity index (χ4v) is 6.11. The third-order valence-corrected chi connectivity index (χ3v) is 8.50. The quantitative estimate of drug-likeness (QED) is 0.327. The van der Waals surface area contributed by atoms with Gasteiger partial charge in [-0.2, -0.15) is 0 Å². The van der Waals surface area contributed by atoms with Gasteiger partial charge in [0.25, 0.3) is 5.91 Å². The standard InChI is InChI=1S/C35H42FN3O3/c1-23-8-5-12-30(36)31(23)34(41)39-19-7-11-29(33(40)38-28-10-6-9-25(22-28)35(2,3)4)32(39)24-13-15-26(16-14-24)37-27-17-20-42-21-18-27/h5-6,8-10,12-16,22,27,29,32,37H,7,11,17-21H2,1-4H3,(H,38,40)/t29-,32-/m0/s1. The van der Waals surface area contributed by atoms with E-state index >= 15 is 0 Å². The third kappa shape index (κ3) is 6.67. The molecule has 6 nitrogen and oxygen atoms in total. The number of carbonyl (C=O) groups excluding carboxylic acids is 2. The summed E-state index contributed by atoms with van der Waals surface area (Å²) in [5, 5.41) is 6.72. The van der Waals surface area contributed by atoms with Crippen molar-refractivity contribution in [2.24, 2.45) is 5.92 Å². The van der Waals surface area contributed by atoms with Crippen molar-refractivity contribution >= 4 is 23.2 Å². The number of nitrogens with one attached hydrogen (secondary N) is 2. The van der Waals surface area contributed by atoms with Crippen molar-refractivity contribution in [1.82, 2.24) is 4.90 Å². The molecule has 2 amide bonds. The van der Waals surface area contributed by atoms with Crippen LogP contribution in [0.4, 0.5) is 15.8 Å². The molecule has 42 heavy (non-hydrogen) atoms. The molecule has 0 unspecified atom stereocenters. The van der Waals surface area contributed by atoms with Crippen LogP contribution in [-0.4, -0.2) is 42.5 Å². The van der Waals surface area contributed by atoms with E-state index in [2.05, 4.69) is 37.5 Å². The molecule has 7 heteroatoms. The Labute approximate surface area is 248 Å². The average molecular weight is 572 g/mol. The molecule has 0 spiro atoms. The largest absolute Gasteiger partial charge is 0.382 e. The van der Waals surface area contributed by atoms with Crippen LogP contribution in [0, 0.1) is 18.7 Å². The van der Waals surface area contributed by atoms with Crippen molar-refractivity contribution in [3.63, 3.8) is 0 Å². The van der Waals surface area contributed by atoms with Crippen LogP contribution in [0.2, 0.25) is 0 Å². The summed E-state index contributed by atoms with van der Waals surface area (Å²) in [6.45, 7) is 10.1. The zero-order chi connectivity index (χ0) is 29.9. The van der Waals surface area contributed by atoms with E-state index in [1.165, 1.54) is 6.07 Å². The SMILES string of the molecule is Cc1cccc(F)c1C(=O)N1CCC[C@H](C(=O)Nc2cccc(C(C)(C)C)c2)[C@@H]1c1ccc(NC2CCOCC2)cc1. The minimum absolute atomic E-state index is 0.0601. The second kappa shape index (κ2) is 12.7. The molecular formula is C35H42FN3O3. The minimum atomic E-state index is -0.541. The van der Waals surface area contributed by atoms with Gasteiger partial charge < -0.3 is 20.3 Å². The Bertz CT molecular complexity index is 1390. The van der Waals surface area contributed by atoms with Gasteiger partial charge in [-0.05, 0) is 85.0 Å². The highest BCUT2D eigenvalue weighted by Gasteiger charge is 2.40. The van der Waals surface area contributed by atoms with Crippen LogP contribution in [0.25, 0.3) is 0 Å². The topological polar surface area (TPSA) is 70.7 Å². The first kappa shape index (κ1) is 29.8. The molecule has 0 aromatic heterocycles. The van der Waals surface area contributed by atoms with Crippen molar-refractivity contribution in [2.75, 3.05) is 30.4 Å². The smallest absolute Gasteiger partial charge is 0.257 e. The molecule has 3 aromatic carbocycles. The van der Waals surface area contributed by atoms with Gasteiger partial charge in [0, 0.05) is 37.2 Å². The van der Waals surface area contributed by atoms with Crippen LogP contribution in [0.1, 0.15) is 79.5 Å². The van der Waals surface area contributed by atoms with Crippen molar-refractivity contribution in [3.8, 4) is 0 Å². The highest BCUT2D eigenvalue weighted by Crippen LogP contribution is 2.39. The Balaban J connectivity index is 1.46. The van der Waals surface area contributed by atoms with Crippen molar-refractivity contribution < 1.29 is 18.7 Å². The second-order valence-electron chi connectivity index (χ2n) is 12.6. The van der Waals surface area contributed by atoms with Gasteiger partial charge in [-0.15, -0.1) is 0 Å². The molecule has 0 bridgehead atoms. The maximum atomic E-state index is 15.0. The first-order valence-electron chi connectivity index (χ1n) is 15.0. The number of likely N-dealkylation sites (tertiary alicyclic amines) is 1. The van der Waals surface area contributed by atoms with Crippen LogP contribution >= 0.6 is 0 Å². The zero-order valence-corrected chi connectivity index (χ0v) is 25.1. The van der Waals surface area contributed by atoms with E-state index in [4.69, 9.17) is 4.74 Å². The van der Waals surface area contributed by atoms with E-state index in [0.29, 0.717) is 31.0 Å². The molecule has 2 heterocycles. The molecule has 0 radical (unpaired) electrons. The molecule has 2 saturated heterocycles. The first-order chi connectivity index (χ1) is 20.1. The van der Waals surface area contributed by atoms with E-state index in [1.54, 1.807) is 24.0 Å². The number of nitrogens with zero attached hydrogens (tertiary/aromatic N) is 1. The normalized spacial score (nSPS) is 19.8. The Hall–Kier alpha value is -3.71. The number of carbonyl (C=O) groups is 2. The molecule has 5 rings (SSSR count). The summed E-state index contributed by atoms with van der Waals surface area (Å²) < 4.78 is 20.5. The monoisotopic (exact) mass is 571 g/mol. The summed E-state index contributed by atoms with van der Waals surface area (Å²) in [6, 6.07) is 20.4. The van der Waals surface area contributed by atoms with Crippen LogP contribution in [0.15, 0.2) is 66.7 Å². The molecule has 2 fully saturated rings. The number of benzene rings is 3. The number of rotatable bonds is 6. The van der Waals surface area contributed by atoms with Gasteiger partial charge in [0.2, 0.25) is 5.91 Å². The fourth-order valence-electron chi connectivity index (χ4n) is 6.11. The van der Waals surface area contributed by atoms with Gasteiger partial charge >= 0.3 is 0 Å². The third-order valence-electron chi connectivity index (χ3n) is 8.50.